The zero-order valence-electron chi connectivity index (χ0n) is 10.1. The first kappa shape index (κ1) is 14.7. The molecule has 0 aliphatic carbocycles. The van der Waals surface area contributed by atoms with E-state index in [0.29, 0.717) is 16.7 Å². The molecule has 0 spiro atoms. The zero-order valence-corrected chi connectivity index (χ0v) is 10.9. The van der Waals surface area contributed by atoms with Gasteiger partial charge in [-0.05, 0) is 12.1 Å². The molecule has 0 amide bonds. The molecule has 0 saturated carbocycles. The van der Waals surface area contributed by atoms with Crippen LogP contribution in [0.1, 0.15) is 5.56 Å². The van der Waals surface area contributed by atoms with Gasteiger partial charge in [-0.25, -0.2) is 4.39 Å². The Balaban J connectivity index is 2.25. The third-order valence-electron chi connectivity index (χ3n) is 2.67. The molecule has 0 unspecified atom stereocenters. The first-order valence-corrected chi connectivity index (χ1v) is 6.11. The number of hydrogen-bond acceptors (Lipinski definition) is 1. The van der Waals surface area contributed by atoms with Crippen molar-refractivity contribution in [2.45, 2.75) is 6.61 Å². The van der Waals surface area contributed by atoms with E-state index in [-0.39, 0.29) is 6.61 Å². The zero-order chi connectivity index (χ0) is 14.8. The van der Waals surface area contributed by atoms with Gasteiger partial charge in [-0.2, -0.15) is 0 Å². The monoisotopic (exact) mass is 303 g/mol. The minimum Gasteiger partial charge on any atom is -0.492 e. The van der Waals surface area contributed by atoms with Crippen LogP contribution in [0.3, 0.4) is 0 Å². The van der Waals surface area contributed by atoms with E-state index in [2.05, 4.69) is 0 Å². The molecule has 0 bridgehead atoms. The second-order valence-corrected chi connectivity index (χ2v) is 4.54. The lowest BCUT2D eigenvalue weighted by Crippen LogP contribution is -2.35. The van der Waals surface area contributed by atoms with Crippen LogP contribution in [0.15, 0.2) is 42.5 Å². The molecule has 0 N–H and O–H groups in total. The van der Waals surface area contributed by atoms with Gasteiger partial charge in [-0.1, -0.05) is 41.3 Å². The molecule has 0 radical (unpaired) electrons. The predicted molar refractivity (Wildman–Crippen MR) is 70.9 cm³/mol. The molecule has 0 saturated heterocycles. The molecule has 2 aromatic carbocycles. The summed E-state index contributed by atoms with van der Waals surface area (Å²) in [6.07, 6.45) is 0. The van der Waals surface area contributed by atoms with Crippen molar-refractivity contribution in [3.8, 4) is 5.75 Å². The van der Waals surface area contributed by atoms with Crippen LogP contribution in [0, 0.1) is 5.82 Å². The number of hydrogen-bond donors (Lipinski definition) is 0. The van der Waals surface area contributed by atoms with Crippen LogP contribution >= 0.6 is 11.6 Å². The average molecular weight is 303 g/mol. The third-order valence-corrected chi connectivity index (χ3v) is 3.04. The molecule has 106 valence electrons. The van der Waals surface area contributed by atoms with Gasteiger partial charge in [0.15, 0.2) is 0 Å². The van der Waals surface area contributed by atoms with Crippen LogP contribution in [0.5, 0.6) is 5.75 Å². The van der Waals surface area contributed by atoms with Gasteiger partial charge in [0.05, 0.1) is 5.75 Å². The number of halogens is 5. The summed E-state index contributed by atoms with van der Waals surface area (Å²) in [4.78, 5) is 0. The third kappa shape index (κ3) is 3.45. The normalized spacial score (nSPS) is 11.4. The Kier molecular flexibility index (Phi) is 4.23. The molecular weight excluding hydrogens is 294 g/mol. The largest absolute Gasteiger partial charge is 0.513 e. The van der Waals surface area contributed by atoms with Gasteiger partial charge in [0.1, 0.15) is 12.4 Å². The standard InChI is InChI=1S/C13H9BClF4O/c15-12-4-2-1-3-9(12)8-20-13-7-10(16)5-6-11(13)14(17,18)19/h1-7H,8H2/q-1. The second-order valence-electron chi connectivity index (χ2n) is 4.14. The Hall–Kier alpha value is -1.69. The molecule has 2 rings (SSSR count). The first-order chi connectivity index (χ1) is 9.38. The highest BCUT2D eigenvalue weighted by molar-refractivity contribution is 6.74. The van der Waals surface area contributed by atoms with Crippen LogP contribution in [-0.4, -0.2) is 6.98 Å². The van der Waals surface area contributed by atoms with E-state index < -0.39 is 24.0 Å². The Morgan fingerprint density at radius 2 is 1.75 bits per heavy atom. The smallest absolute Gasteiger partial charge is 0.492 e. The van der Waals surface area contributed by atoms with Crippen LogP contribution in [0.2, 0.25) is 5.02 Å². The van der Waals surface area contributed by atoms with Gasteiger partial charge >= 0.3 is 6.98 Å². The van der Waals surface area contributed by atoms with E-state index >= 15 is 0 Å². The minimum absolute atomic E-state index is 0.164. The maximum absolute atomic E-state index is 13.1. The van der Waals surface area contributed by atoms with Crippen molar-refractivity contribution in [1.82, 2.24) is 0 Å². The van der Waals surface area contributed by atoms with Crippen molar-refractivity contribution < 1.29 is 22.1 Å². The summed E-state index contributed by atoms with van der Waals surface area (Å²) in [5, 5.41) is 0.378. The van der Waals surface area contributed by atoms with E-state index in [1.54, 1.807) is 24.3 Å². The summed E-state index contributed by atoms with van der Waals surface area (Å²) in [5.74, 6) is -1.32. The van der Waals surface area contributed by atoms with Crippen LogP contribution in [-0.2, 0) is 6.61 Å². The maximum Gasteiger partial charge on any atom is 0.513 e. The summed E-state index contributed by atoms with van der Waals surface area (Å²) >= 11 is 5.88. The Bertz CT molecular complexity index is 616. The predicted octanol–water partition coefficient (Wildman–Crippen LogP) is 4.11. The van der Waals surface area contributed by atoms with Crippen molar-refractivity contribution in [1.29, 1.82) is 0 Å². The molecule has 0 aliphatic rings. The van der Waals surface area contributed by atoms with Crippen LogP contribution in [0.25, 0.3) is 0 Å². The summed E-state index contributed by atoms with van der Waals surface area (Å²) in [6, 6.07) is 8.76. The highest BCUT2D eigenvalue weighted by Gasteiger charge is 2.29. The fraction of sp³-hybridized carbons (Fsp3) is 0.0769. The Morgan fingerprint density at radius 3 is 2.40 bits per heavy atom. The van der Waals surface area contributed by atoms with Gasteiger partial charge in [0.25, 0.3) is 0 Å². The summed E-state index contributed by atoms with van der Waals surface area (Å²) in [5.41, 5.74) is -0.433. The van der Waals surface area contributed by atoms with Crippen molar-refractivity contribution >= 4 is 24.0 Å². The lowest BCUT2D eigenvalue weighted by molar-refractivity contribution is 0.305. The molecule has 0 heterocycles. The first-order valence-electron chi connectivity index (χ1n) is 5.73. The molecule has 1 nitrogen and oxygen atoms in total. The van der Waals surface area contributed by atoms with Gasteiger partial charge in [-0.15, -0.1) is 0 Å². The topological polar surface area (TPSA) is 9.23 Å². The Labute approximate surface area is 118 Å². The molecule has 7 heteroatoms. The number of benzene rings is 2. The highest BCUT2D eigenvalue weighted by Crippen LogP contribution is 2.22. The lowest BCUT2D eigenvalue weighted by Gasteiger charge is -2.20. The van der Waals surface area contributed by atoms with E-state index in [1.165, 1.54) is 0 Å². The van der Waals surface area contributed by atoms with Gasteiger partial charge in [-0.3, -0.25) is 0 Å². The molecule has 0 fully saturated rings. The second kappa shape index (κ2) is 5.75. The molecule has 20 heavy (non-hydrogen) atoms. The minimum atomic E-state index is -5.27. The number of ether oxygens (including phenoxy) is 1. The van der Waals surface area contributed by atoms with E-state index in [0.717, 1.165) is 12.1 Å². The number of rotatable bonds is 4. The van der Waals surface area contributed by atoms with Gasteiger partial charge in [0, 0.05) is 16.7 Å². The fourth-order valence-electron chi connectivity index (χ4n) is 1.67. The molecular formula is C13H9BClF4O-. The van der Waals surface area contributed by atoms with Crippen molar-refractivity contribution in [3.63, 3.8) is 0 Å². The highest BCUT2D eigenvalue weighted by atomic mass is 35.5. The van der Waals surface area contributed by atoms with Gasteiger partial charge in [0.2, 0.25) is 0 Å². The lowest BCUT2D eigenvalue weighted by atomic mass is 9.79. The summed E-state index contributed by atoms with van der Waals surface area (Å²) in [7, 11) is 0. The summed E-state index contributed by atoms with van der Waals surface area (Å²) < 4.78 is 56.6. The van der Waals surface area contributed by atoms with Gasteiger partial charge < -0.3 is 17.7 Å². The van der Waals surface area contributed by atoms with E-state index in [1.807, 2.05) is 0 Å². The van der Waals surface area contributed by atoms with E-state index in [4.69, 9.17) is 16.3 Å². The van der Waals surface area contributed by atoms with Crippen molar-refractivity contribution in [3.05, 3.63) is 58.9 Å². The quantitative estimate of drug-likeness (QED) is 0.610. The Morgan fingerprint density at radius 1 is 1.05 bits per heavy atom. The molecule has 2 aromatic rings. The summed E-state index contributed by atoms with van der Waals surface area (Å²) in [6.45, 7) is -5.43. The SMILES string of the molecule is Fc1ccc([B-](F)(F)F)c(OCc2ccccc2Cl)c1. The van der Waals surface area contributed by atoms with E-state index in [9.17, 15) is 17.3 Å². The average Bonchev–Trinajstić information content (AvgIpc) is 2.36. The molecule has 0 atom stereocenters. The molecule has 0 aromatic heterocycles. The van der Waals surface area contributed by atoms with Crippen molar-refractivity contribution in [2.75, 3.05) is 0 Å². The van der Waals surface area contributed by atoms with Crippen LogP contribution in [0.4, 0.5) is 17.3 Å². The maximum atomic E-state index is 13.1. The fourth-order valence-corrected chi connectivity index (χ4v) is 1.86. The van der Waals surface area contributed by atoms with Crippen LogP contribution < -0.4 is 10.2 Å². The van der Waals surface area contributed by atoms with Crippen molar-refractivity contribution in [2.24, 2.45) is 0 Å². The molecule has 0 aliphatic heterocycles.